The Bertz CT molecular complexity index is 1010. The first kappa shape index (κ1) is 18.5. The Labute approximate surface area is 156 Å². The summed E-state index contributed by atoms with van der Waals surface area (Å²) in [5.74, 6) is 1.08. The molecule has 0 spiro atoms. The average molecular weight is 367 g/mol. The molecule has 1 amide bonds. The van der Waals surface area contributed by atoms with Crippen molar-refractivity contribution < 1.29 is 18.7 Å². The van der Waals surface area contributed by atoms with Crippen LogP contribution in [0.4, 0.5) is 0 Å². The van der Waals surface area contributed by atoms with Crippen molar-refractivity contribution in [1.29, 1.82) is 0 Å². The fourth-order valence-corrected chi connectivity index (χ4v) is 2.86. The number of ether oxygens (including phenoxy) is 2. The Hall–Kier alpha value is -3.28. The van der Waals surface area contributed by atoms with Gasteiger partial charge < -0.3 is 18.8 Å². The standard InChI is InChI=1S/C21H21NO5/c1-4-26-16-9-10-17-18(12-20(23)27-19(17)11-16)21(24)22(2)13-14-5-7-15(25-3)8-6-14/h5-12H,4,13H2,1-3H3. The zero-order chi connectivity index (χ0) is 19.4. The minimum atomic E-state index is -0.572. The first-order valence-electron chi connectivity index (χ1n) is 8.61. The lowest BCUT2D eigenvalue weighted by atomic mass is 10.1. The van der Waals surface area contributed by atoms with Gasteiger partial charge in [0, 0.05) is 31.1 Å². The summed E-state index contributed by atoms with van der Waals surface area (Å²) in [7, 11) is 3.30. The normalized spacial score (nSPS) is 10.6. The first-order chi connectivity index (χ1) is 13.0. The topological polar surface area (TPSA) is 69.0 Å². The Morgan fingerprint density at radius 2 is 1.78 bits per heavy atom. The van der Waals surface area contributed by atoms with E-state index in [1.54, 1.807) is 37.3 Å². The van der Waals surface area contributed by atoms with Crippen LogP contribution in [0.1, 0.15) is 22.8 Å². The molecule has 0 saturated heterocycles. The van der Waals surface area contributed by atoms with Crippen molar-refractivity contribution in [2.75, 3.05) is 20.8 Å². The molecule has 0 N–H and O–H groups in total. The van der Waals surface area contributed by atoms with E-state index in [0.29, 0.717) is 35.4 Å². The van der Waals surface area contributed by atoms with Gasteiger partial charge in [-0.2, -0.15) is 0 Å². The lowest BCUT2D eigenvalue weighted by molar-refractivity contribution is 0.0786. The monoisotopic (exact) mass is 367 g/mol. The molecule has 27 heavy (non-hydrogen) atoms. The van der Waals surface area contributed by atoms with Gasteiger partial charge in [-0.25, -0.2) is 4.79 Å². The highest BCUT2D eigenvalue weighted by Gasteiger charge is 2.18. The van der Waals surface area contributed by atoms with Crippen molar-refractivity contribution in [2.45, 2.75) is 13.5 Å². The second-order valence-electron chi connectivity index (χ2n) is 6.08. The van der Waals surface area contributed by atoms with Crippen LogP contribution in [0.3, 0.4) is 0 Å². The largest absolute Gasteiger partial charge is 0.497 e. The Balaban J connectivity index is 1.90. The van der Waals surface area contributed by atoms with Gasteiger partial charge in [0.05, 0.1) is 19.3 Å². The first-order valence-corrected chi connectivity index (χ1v) is 8.61. The molecule has 3 aromatic rings. The van der Waals surface area contributed by atoms with Gasteiger partial charge in [-0.1, -0.05) is 12.1 Å². The van der Waals surface area contributed by atoms with Crippen LogP contribution in [-0.2, 0) is 6.54 Å². The molecule has 0 radical (unpaired) electrons. The summed E-state index contributed by atoms with van der Waals surface area (Å²) < 4.78 is 15.8. The predicted molar refractivity (Wildman–Crippen MR) is 102 cm³/mol. The van der Waals surface area contributed by atoms with Gasteiger partial charge in [0.25, 0.3) is 5.91 Å². The zero-order valence-corrected chi connectivity index (χ0v) is 15.5. The third kappa shape index (κ3) is 4.11. The highest BCUT2D eigenvalue weighted by Crippen LogP contribution is 2.24. The lowest BCUT2D eigenvalue weighted by Crippen LogP contribution is -2.27. The minimum Gasteiger partial charge on any atom is -0.497 e. The zero-order valence-electron chi connectivity index (χ0n) is 15.5. The van der Waals surface area contributed by atoms with Crippen molar-refractivity contribution >= 4 is 16.9 Å². The molecule has 0 bridgehead atoms. The molecule has 0 saturated carbocycles. The van der Waals surface area contributed by atoms with Crippen molar-refractivity contribution in [3.63, 3.8) is 0 Å². The number of carbonyl (C=O) groups excluding carboxylic acids is 1. The van der Waals surface area contributed by atoms with E-state index in [0.717, 1.165) is 11.3 Å². The van der Waals surface area contributed by atoms with Gasteiger partial charge in [-0.05, 0) is 36.8 Å². The molecule has 0 aliphatic heterocycles. The van der Waals surface area contributed by atoms with E-state index in [2.05, 4.69) is 0 Å². The van der Waals surface area contributed by atoms with Crippen molar-refractivity contribution in [2.24, 2.45) is 0 Å². The van der Waals surface area contributed by atoms with Gasteiger partial charge in [-0.3, -0.25) is 4.79 Å². The van der Waals surface area contributed by atoms with Crippen LogP contribution >= 0.6 is 0 Å². The number of hydrogen-bond donors (Lipinski definition) is 0. The van der Waals surface area contributed by atoms with E-state index in [-0.39, 0.29) is 5.91 Å². The summed E-state index contributed by atoms with van der Waals surface area (Å²) >= 11 is 0. The van der Waals surface area contributed by atoms with Crippen LogP contribution in [-0.4, -0.2) is 31.6 Å². The average Bonchev–Trinajstić information content (AvgIpc) is 2.67. The smallest absolute Gasteiger partial charge is 0.337 e. The molecular weight excluding hydrogens is 346 g/mol. The molecule has 0 aliphatic rings. The van der Waals surface area contributed by atoms with Crippen molar-refractivity contribution in [3.8, 4) is 11.5 Å². The number of carbonyl (C=O) groups is 1. The lowest BCUT2D eigenvalue weighted by Gasteiger charge is -2.18. The van der Waals surface area contributed by atoms with Crippen LogP contribution < -0.4 is 15.1 Å². The van der Waals surface area contributed by atoms with E-state index in [9.17, 15) is 9.59 Å². The quantitative estimate of drug-likeness (QED) is 0.624. The van der Waals surface area contributed by atoms with E-state index in [1.807, 2.05) is 31.2 Å². The highest BCUT2D eigenvalue weighted by atomic mass is 16.5. The minimum absolute atomic E-state index is 0.257. The highest BCUT2D eigenvalue weighted by molar-refractivity contribution is 6.05. The van der Waals surface area contributed by atoms with Crippen LogP contribution in [0.5, 0.6) is 11.5 Å². The van der Waals surface area contributed by atoms with E-state index in [4.69, 9.17) is 13.9 Å². The summed E-state index contributed by atoms with van der Waals surface area (Å²) in [5.41, 5.74) is 1.02. The second kappa shape index (κ2) is 7.95. The SMILES string of the molecule is CCOc1ccc2c(C(=O)N(C)Cc3ccc(OC)cc3)cc(=O)oc2c1. The molecule has 1 aromatic heterocycles. The maximum Gasteiger partial charge on any atom is 0.337 e. The summed E-state index contributed by atoms with van der Waals surface area (Å²) in [6.45, 7) is 2.77. The molecule has 0 fully saturated rings. The number of hydrogen-bond acceptors (Lipinski definition) is 5. The van der Waals surface area contributed by atoms with Crippen LogP contribution in [0.15, 0.2) is 57.7 Å². The van der Waals surface area contributed by atoms with Crippen LogP contribution in [0.2, 0.25) is 0 Å². The van der Waals surface area contributed by atoms with E-state index >= 15 is 0 Å². The Kier molecular flexibility index (Phi) is 5.45. The molecule has 0 atom stereocenters. The summed E-state index contributed by atoms with van der Waals surface area (Å²) in [6.07, 6.45) is 0. The number of rotatable bonds is 6. The number of amides is 1. The van der Waals surface area contributed by atoms with E-state index < -0.39 is 5.63 Å². The molecule has 1 heterocycles. The third-order valence-corrected chi connectivity index (χ3v) is 4.18. The molecule has 3 rings (SSSR count). The Morgan fingerprint density at radius 3 is 2.44 bits per heavy atom. The molecule has 0 aliphatic carbocycles. The molecule has 140 valence electrons. The number of methoxy groups -OCH3 is 1. The maximum absolute atomic E-state index is 12.9. The van der Waals surface area contributed by atoms with Crippen molar-refractivity contribution in [3.05, 3.63) is 70.1 Å². The third-order valence-electron chi connectivity index (χ3n) is 4.18. The summed E-state index contributed by atoms with van der Waals surface area (Å²) in [5, 5.41) is 0.574. The van der Waals surface area contributed by atoms with E-state index in [1.165, 1.54) is 6.07 Å². The van der Waals surface area contributed by atoms with Gasteiger partial charge in [-0.15, -0.1) is 0 Å². The summed E-state index contributed by atoms with van der Waals surface area (Å²) in [4.78, 5) is 26.4. The Morgan fingerprint density at radius 1 is 1.07 bits per heavy atom. The molecule has 0 unspecified atom stereocenters. The second-order valence-corrected chi connectivity index (χ2v) is 6.08. The molecular formula is C21H21NO5. The molecule has 2 aromatic carbocycles. The number of fused-ring (bicyclic) bond motifs is 1. The van der Waals surface area contributed by atoms with Gasteiger partial charge in [0.15, 0.2) is 0 Å². The van der Waals surface area contributed by atoms with Crippen LogP contribution in [0, 0.1) is 0 Å². The predicted octanol–water partition coefficient (Wildman–Crippen LogP) is 3.47. The van der Waals surface area contributed by atoms with Gasteiger partial charge in [0.2, 0.25) is 0 Å². The molecule has 6 nitrogen and oxygen atoms in total. The fraction of sp³-hybridized carbons (Fsp3) is 0.238. The van der Waals surface area contributed by atoms with Gasteiger partial charge >= 0.3 is 5.63 Å². The fourth-order valence-electron chi connectivity index (χ4n) is 2.86. The summed E-state index contributed by atoms with van der Waals surface area (Å²) in [6, 6.07) is 13.8. The maximum atomic E-state index is 12.9. The van der Waals surface area contributed by atoms with Crippen molar-refractivity contribution in [1.82, 2.24) is 4.90 Å². The number of nitrogens with zero attached hydrogens (tertiary/aromatic N) is 1. The number of benzene rings is 2. The molecule has 6 heteroatoms. The van der Waals surface area contributed by atoms with Gasteiger partial charge in [0.1, 0.15) is 17.1 Å². The van der Waals surface area contributed by atoms with Crippen LogP contribution in [0.25, 0.3) is 11.0 Å².